The highest BCUT2D eigenvalue weighted by atomic mass is 32.1. The molecular formula is C12H20N2OS. The first-order valence-corrected chi connectivity index (χ1v) is 6.94. The molecule has 2 rings (SSSR count). The summed E-state index contributed by atoms with van der Waals surface area (Å²) in [5, 5.41) is 10.6. The predicted molar refractivity (Wildman–Crippen MR) is 68.0 cm³/mol. The van der Waals surface area contributed by atoms with E-state index < -0.39 is 6.10 Å². The molecule has 3 nitrogen and oxygen atoms in total. The molecule has 0 bridgehead atoms. The van der Waals surface area contributed by atoms with Crippen LogP contribution in [0.25, 0.3) is 0 Å². The van der Waals surface area contributed by atoms with E-state index in [-0.39, 0.29) is 0 Å². The number of piperidine rings is 1. The summed E-state index contributed by atoms with van der Waals surface area (Å²) in [4.78, 5) is 7.83. The number of nitrogens with zero attached hydrogens (tertiary/aromatic N) is 2. The van der Waals surface area contributed by atoms with Crippen LogP contribution in [0.15, 0.2) is 6.20 Å². The quantitative estimate of drug-likeness (QED) is 0.882. The Morgan fingerprint density at radius 3 is 3.06 bits per heavy atom. The maximum atomic E-state index is 9.51. The van der Waals surface area contributed by atoms with Crippen molar-refractivity contribution in [3.63, 3.8) is 0 Å². The number of thiazole rings is 1. The van der Waals surface area contributed by atoms with Crippen molar-refractivity contribution in [2.75, 3.05) is 11.4 Å². The molecule has 0 amide bonds. The summed E-state index contributed by atoms with van der Waals surface area (Å²) >= 11 is 1.63. The molecule has 0 spiro atoms. The minimum atomic E-state index is -0.392. The summed E-state index contributed by atoms with van der Waals surface area (Å²) in [6, 6.07) is 0.641. The van der Waals surface area contributed by atoms with Crippen molar-refractivity contribution >= 4 is 16.5 Å². The Kier molecular flexibility index (Phi) is 3.82. The van der Waals surface area contributed by atoms with Crippen LogP contribution < -0.4 is 4.90 Å². The van der Waals surface area contributed by atoms with Crippen LogP contribution in [0.1, 0.15) is 50.5 Å². The molecule has 0 aliphatic carbocycles. The Morgan fingerprint density at radius 1 is 1.62 bits per heavy atom. The summed E-state index contributed by atoms with van der Waals surface area (Å²) in [6.07, 6.45) is 6.48. The number of rotatable bonds is 3. The molecular weight excluding hydrogens is 220 g/mol. The molecule has 16 heavy (non-hydrogen) atoms. The standard InChI is InChI=1S/C12H20N2OS/c1-3-10-6-4-5-7-14(10)12-13-8-11(16-12)9(2)15/h8-10,15H,3-7H2,1-2H3. The maximum absolute atomic E-state index is 9.51. The number of hydrogen-bond acceptors (Lipinski definition) is 4. The molecule has 1 aliphatic heterocycles. The highest BCUT2D eigenvalue weighted by Crippen LogP contribution is 2.32. The van der Waals surface area contributed by atoms with Gasteiger partial charge < -0.3 is 10.0 Å². The van der Waals surface area contributed by atoms with Gasteiger partial charge in [0.25, 0.3) is 0 Å². The predicted octanol–water partition coefficient (Wildman–Crippen LogP) is 2.97. The summed E-state index contributed by atoms with van der Waals surface area (Å²) in [5.74, 6) is 0. The molecule has 0 saturated carbocycles. The third kappa shape index (κ3) is 2.38. The monoisotopic (exact) mass is 240 g/mol. The van der Waals surface area contributed by atoms with Gasteiger partial charge in [-0.2, -0.15) is 0 Å². The highest BCUT2D eigenvalue weighted by molar-refractivity contribution is 7.15. The van der Waals surface area contributed by atoms with Crippen molar-refractivity contribution in [2.45, 2.75) is 51.7 Å². The Labute approximate surface area is 101 Å². The van der Waals surface area contributed by atoms with E-state index in [1.807, 2.05) is 6.20 Å². The van der Waals surface area contributed by atoms with E-state index in [0.29, 0.717) is 6.04 Å². The molecule has 1 N–H and O–H groups in total. The molecule has 2 heterocycles. The summed E-state index contributed by atoms with van der Waals surface area (Å²) < 4.78 is 0. The third-order valence-corrected chi connectivity index (χ3v) is 4.47. The molecule has 2 atom stereocenters. The molecule has 1 aromatic rings. The number of aliphatic hydroxyl groups excluding tert-OH is 1. The van der Waals surface area contributed by atoms with E-state index in [0.717, 1.165) is 16.6 Å². The summed E-state index contributed by atoms with van der Waals surface area (Å²) in [7, 11) is 0. The minimum absolute atomic E-state index is 0.392. The second-order valence-corrected chi connectivity index (χ2v) is 5.51. The molecule has 0 radical (unpaired) electrons. The lowest BCUT2D eigenvalue weighted by atomic mass is 10.0. The van der Waals surface area contributed by atoms with E-state index in [1.54, 1.807) is 18.3 Å². The molecule has 0 aromatic carbocycles. The van der Waals surface area contributed by atoms with Crippen molar-refractivity contribution in [2.24, 2.45) is 0 Å². The lowest BCUT2D eigenvalue weighted by molar-refractivity contribution is 0.203. The zero-order chi connectivity index (χ0) is 11.5. The smallest absolute Gasteiger partial charge is 0.185 e. The van der Waals surface area contributed by atoms with E-state index >= 15 is 0 Å². The fourth-order valence-electron chi connectivity index (χ4n) is 2.28. The zero-order valence-electron chi connectivity index (χ0n) is 10.0. The normalized spacial score (nSPS) is 23.4. The Balaban J connectivity index is 2.14. The fraction of sp³-hybridized carbons (Fsp3) is 0.750. The second-order valence-electron chi connectivity index (χ2n) is 4.47. The van der Waals surface area contributed by atoms with Crippen molar-refractivity contribution in [1.82, 2.24) is 4.98 Å². The van der Waals surface area contributed by atoms with Crippen LogP contribution in [-0.2, 0) is 0 Å². The van der Waals surface area contributed by atoms with Crippen molar-refractivity contribution in [3.8, 4) is 0 Å². The first-order chi connectivity index (χ1) is 7.72. The third-order valence-electron chi connectivity index (χ3n) is 3.27. The molecule has 1 aromatic heterocycles. The number of anilines is 1. The highest BCUT2D eigenvalue weighted by Gasteiger charge is 2.23. The number of aromatic nitrogens is 1. The lowest BCUT2D eigenvalue weighted by Gasteiger charge is -2.35. The van der Waals surface area contributed by atoms with E-state index in [1.165, 1.54) is 25.7 Å². The topological polar surface area (TPSA) is 36.4 Å². The molecule has 1 saturated heterocycles. The van der Waals surface area contributed by atoms with Crippen LogP contribution in [0, 0.1) is 0 Å². The van der Waals surface area contributed by atoms with Crippen LogP contribution in [0.2, 0.25) is 0 Å². The van der Waals surface area contributed by atoms with Gasteiger partial charge in [0.15, 0.2) is 5.13 Å². The summed E-state index contributed by atoms with van der Waals surface area (Å²) in [5.41, 5.74) is 0. The van der Waals surface area contributed by atoms with Gasteiger partial charge >= 0.3 is 0 Å². The number of hydrogen-bond donors (Lipinski definition) is 1. The van der Waals surface area contributed by atoms with Crippen LogP contribution in [-0.4, -0.2) is 22.7 Å². The van der Waals surface area contributed by atoms with Crippen LogP contribution in [0.5, 0.6) is 0 Å². The largest absolute Gasteiger partial charge is 0.388 e. The minimum Gasteiger partial charge on any atom is -0.388 e. The van der Waals surface area contributed by atoms with Crippen molar-refractivity contribution in [3.05, 3.63) is 11.1 Å². The second kappa shape index (κ2) is 5.15. The van der Waals surface area contributed by atoms with Gasteiger partial charge in [-0.3, -0.25) is 0 Å². The SMILES string of the molecule is CCC1CCCCN1c1ncc(C(C)O)s1. The van der Waals surface area contributed by atoms with Gasteiger partial charge in [0.1, 0.15) is 0 Å². The van der Waals surface area contributed by atoms with Crippen molar-refractivity contribution in [1.29, 1.82) is 0 Å². The Hall–Kier alpha value is -0.610. The summed E-state index contributed by atoms with van der Waals surface area (Å²) in [6.45, 7) is 5.16. The molecule has 2 unspecified atom stereocenters. The average Bonchev–Trinajstić information content (AvgIpc) is 2.78. The van der Waals surface area contributed by atoms with Gasteiger partial charge in [-0.1, -0.05) is 18.3 Å². The van der Waals surface area contributed by atoms with Gasteiger partial charge in [-0.15, -0.1) is 0 Å². The Bertz CT molecular complexity index is 338. The van der Waals surface area contributed by atoms with E-state index in [4.69, 9.17) is 0 Å². The zero-order valence-corrected chi connectivity index (χ0v) is 10.8. The van der Waals surface area contributed by atoms with Gasteiger partial charge in [0.05, 0.1) is 11.0 Å². The van der Waals surface area contributed by atoms with Crippen LogP contribution in [0.3, 0.4) is 0 Å². The molecule has 4 heteroatoms. The first-order valence-electron chi connectivity index (χ1n) is 6.12. The Morgan fingerprint density at radius 2 is 2.44 bits per heavy atom. The van der Waals surface area contributed by atoms with Crippen LogP contribution in [0.4, 0.5) is 5.13 Å². The van der Waals surface area contributed by atoms with E-state index in [9.17, 15) is 5.11 Å². The fourth-order valence-corrected chi connectivity index (χ4v) is 3.23. The first kappa shape index (κ1) is 11.9. The van der Waals surface area contributed by atoms with Crippen molar-refractivity contribution < 1.29 is 5.11 Å². The van der Waals surface area contributed by atoms with Gasteiger partial charge in [-0.25, -0.2) is 4.98 Å². The molecule has 1 aliphatic rings. The van der Waals surface area contributed by atoms with Gasteiger partial charge in [0, 0.05) is 18.8 Å². The van der Waals surface area contributed by atoms with Gasteiger partial charge in [0.2, 0.25) is 0 Å². The molecule has 1 fully saturated rings. The number of aliphatic hydroxyl groups is 1. The maximum Gasteiger partial charge on any atom is 0.185 e. The average molecular weight is 240 g/mol. The molecule has 90 valence electrons. The van der Waals surface area contributed by atoms with E-state index in [2.05, 4.69) is 16.8 Å². The van der Waals surface area contributed by atoms with Crippen LogP contribution >= 0.6 is 11.3 Å². The van der Waals surface area contributed by atoms with Gasteiger partial charge in [-0.05, 0) is 32.6 Å². The lowest BCUT2D eigenvalue weighted by Crippen LogP contribution is -2.38.